The molecule has 4 rings (SSSR count). The Morgan fingerprint density at radius 2 is 1.88 bits per heavy atom. The van der Waals surface area contributed by atoms with E-state index in [1.807, 2.05) is 26.8 Å². The van der Waals surface area contributed by atoms with Gasteiger partial charge in [-0.3, -0.25) is 24.0 Å². The molecule has 2 heterocycles. The first-order valence-electron chi connectivity index (χ1n) is 14.6. The second kappa shape index (κ2) is 13.2. The molecule has 0 radical (unpaired) electrons. The standard InChI is InChI=1S/C30H40ClN5O6/c1-5-7-22(26(38)28(40)33-21-10-11-21)34-27(39)25-15-30(14-24(35-42-30)19-8-6-9-20(31)13-19)16-36(25)29(41)23(12-17(2)3)32-18(4)37/h6,8-9,13,17,21-23,25H,5,7,10-12,14-16H2,1-4H3,(H,32,37)(H,33,40)(H,34,39)/t22-,23-,25-,30?/m0/s1. The van der Waals surface area contributed by atoms with E-state index in [1.54, 1.807) is 18.2 Å². The highest BCUT2D eigenvalue weighted by Gasteiger charge is 2.55. The lowest BCUT2D eigenvalue weighted by Gasteiger charge is -2.30. The molecule has 42 heavy (non-hydrogen) atoms. The molecule has 1 aromatic carbocycles. The van der Waals surface area contributed by atoms with Crippen LogP contribution in [0.2, 0.25) is 5.02 Å². The summed E-state index contributed by atoms with van der Waals surface area (Å²) in [5, 5.41) is 13.0. The first kappa shape index (κ1) is 31.5. The van der Waals surface area contributed by atoms with Gasteiger partial charge in [-0.15, -0.1) is 0 Å². The highest BCUT2D eigenvalue weighted by Crippen LogP contribution is 2.39. The highest BCUT2D eigenvalue weighted by atomic mass is 35.5. The van der Waals surface area contributed by atoms with Crippen LogP contribution in [0.4, 0.5) is 0 Å². The van der Waals surface area contributed by atoms with Gasteiger partial charge < -0.3 is 25.7 Å². The molecule has 1 spiro atoms. The van der Waals surface area contributed by atoms with E-state index in [4.69, 9.17) is 16.4 Å². The van der Waals surface area contributed by atoms with E-state index < -0.39 is 47.2 Å². The van der Waals surface area contributed by atoms with Crippen molar-refractivity contribution in [3.63, 3.8) is 0 Å². The van der Waals surface area contributed by atoms with Gasteiger partial charge in [0.25, 0.3) is 5.91 Å². The molecule has 4 atom stereocenters. The smallest absolute Gasteiger partial charge is 0.289 e. The van der Waals surface area contributed by atoms with Gasteiger partial charge in [0, 0.05) is 36.4 Å². The van der Waals surface area contributed by atoms with Crippen molar-refractivity contribution in [1.82, 2.24) is 20.9 Å². The molecular formula is C30H40ClN5O6. The second-order valence-electron chi connectivity index (χ2n) is 12.0. The van der Waals surface area contributed by atoms with Crippen LogP contribution in [-0.2, 0) is 28.8 Å². The van der Waals surface area contributed by atoms with Crippen LogP contribution in [0, 0.1) is 5.92 Å². The molecule has 11 nitrogen and oxygen atoms in total. The fourth-order valence-electron chi connectivity index (χ4n) is 5.56. The average Bonchev–Trinajstić information content (AvgIpc) is 3.52. The minimum Gasteiger partial charge on any atom is -0.387 e. The third-order valence-corrected chi connectivity index (χ3v) is 7.95. The Balaban J connectivity index is 1.58. The van der Waals surface area contributed by atoms with Gasteiger partial charge in [-0.25, -0.2) is 0 Å². The molecule has 1 saturated heterocycles. The number of likely N-dealkylation sites (tertiary alicyclic amines) is 1. The predicted molar refractivity (Wildman–Crippen MR) is 157 cm³/mol. The Morgan fingerprint density at radius 1 is 1.14 bits per heavy atom. The summed E-state index contributed by atoms with van der Waals surface area (Å²) in [5.74, 6) is -2.66. The Labute approximate surface area is 251 Å². The maximum atomic E-state index is 13.9. The topological polar surface area (TPSA) is 146 Å². The molecule has 0 aromatic heterocycles. The van der Waals surface area contributed by atoms with E-state index in [2.05, 4.69) is 21.1 Å². The summed E-state index contributed by atoms with van der Waals surface area (Å²) in [6, 6.07) is 4.31. The van der Waals surface area contributed by atoms with Crippen molar-refractivity contribution < 1.29 is 28.8 Å². The maximum Gasteiger partial charge on any atom is 0.289 e. The molecule has 0 bridgehead atoms. The molecule has 1 unspecified atom stereocenters. The lowest BCUT2D eigenvalue weighted by molar-refractivity contribution is -0.143. The Bertz CT molecular complexity index is 1260. The maximum absolute atomic E-state index is 13.9. The van der Waals surface area contributed by atoms with E-state index in [0.717, 1.165) is 18.4 Å². The van der Waals surface area contributed by atoms with Crippen molar-refractivity contribution in [2.24, 2.45) is 11.1 Å². The zero-order chi connectivity index (χ0) is 30.6. The van der Waals surface area contributed by atoms with Crippen molar-refractivity contribution in [3.8, 4) is 0 Å². The van der Waals surface area contributed by atoms with Gasteiger partial charge in [-0.1, -0.05) is 56.1 Å². The summed E-state index contributed by atoms with van der Waals surface area (Å²) in [6.45, 7) is 7.14. The number of halogens is 1. The van der Waals surface area contributed by atoms with E-state index in [9.17, 15) is 24.0 Å². The van der Waals surface area contributed by atoms with Gasteiger partial charge in [-0.05, 0) is 43.7 Å². The number of carbonyl (C=O) groups is 5. The number of nitrogens with one attached hydrogen (secondary N) is 3. The highest BCUT2D eigenvalue weighted by molar-refractivity contribution is 6.38. The van der Waals surface area contributed by atoms with Crippen LogP contribution in [-0.4, -0.2) is 76.3 Å². The summed E-state index contributed by atoms with van der Waals surface area (Å²) in [5.41, 5.74) is 0.431. The Hall–Kier alpha value is -3.47. The molecule has 12 heteroatoms. The third-order valence-electron chi connectivity index (χ3n) is 7.71. The predicted octanol–water partition coefficient (Wildman–Crippen LogP) is 2.49. The number of hydrogen-bond acceptors (Lipinski definition) is 7. The van der Waals surface area contributed by atoms with E-state index in [1.165, 1.54) is 11.8 Å². The number of nitrogens with zero attached hydrogens (tertiary/aromatic N) is 2. The van der Waals surface area contributed by atoms with Crippen molar-refractivity contribution in [2.75, 3.05) is 6.54 Å². The minimum atomic E-state index is -1.03. The summed E-state index contributed by atoms with van der Waals surface area (Å²) in [7, 11) is 0. The molecule has 2 aliphatic heterocycles. The fourth-order valence-corrected chi connectivity index (χ4v) is 5.75. The number of oxime groups is 1. The normalized spacial score (nSPS) is 22.8. The second-order valence-corrected chi connectivity index (χ2v) is 12.5. The van der Waals surface area contributed by atoms with Gasteiger partial charge in [0.1, 0.15) is 12.1 Å². The van der Waals surface area contributed by atoms with Crippen molar-refractivity contribution in [1.29, 1.82) is 0 Å². The number of Topliss-reactive ketones (excluding diaryl/α,β-unsaturated/α-hetero) is 1. The zero-order valence-corrected chi connectivity index (χ0v) is 25.3. The van der Waals surface area contributed by atoms with Crippen LogP contribution in [0.15, 0.2) is 29.4 Å². The van der Waals surface area contributed by atoms with Gasteiger partial charge in [0.2, 0.25) is 23.5 Å². The zero-order valence-electron chi connectivity index (χ0n) is 24.6. The summed E-state index contributed by atoms with van der Waals surface area (Å²) in [6.07, 6.45) is 3.31. The monoisotopic (exact) mass is 601 g/mol. The Morgan fingerprint density at radius 3 is 2.50 bits per heavy atom. The van der Waals surface area contributed by atoms with Gasteiger partial charge in [0.15, 0.2) is 5.60 Å². The van der Waals surface area contributed by atoms with Crippen LogP contribution < -0.4 is 16.0 Å². The molecule has 228 valence electrons. The van der Waals surface area contributed by atoms with E-state index in [-0.39, 0.29) is 37.3 Å². The van der Waals surface area contributed by atoms with Gasteiger partial charge >= 0.3 is 0 Å². The first-order chi connectivity index (χ1) is 19.9. The molecular weight excluding hydrogens is 562 g/mol. The lowest BCUT2D eigenvalue weighted by atomic mass is 9.91. The molecule has 1 saturated carbocycles. The fraction of sp³-hybridized carbons (Fsp3) is 0.600. The summed E-state index contributed by atoms with van der Waals surface area (Å²) >= 11 is 6.18. The lowest BCUT2D eigenvalue weighted by Crippen LogP contribution is -2.56. The average molecular weight is 602 g/mol. The SMILES string of the molecule is CCC[C@H](NC(=O)[C@@H]1CC2(CC(c3cccc(Cl)c3)=NO2)CN1C(=O)[C@H](CC(C)C)NC(C)=O)C(=O)C(=O)NC1CC1. The molecule has 1 aromatic rings. The Kier molecular flexibility index (Phi) is 9.91. The molecule has 1 aliphatic carbocycles. The number of rotatable bonds is 12. The van der Waals surface area contributed by atoms with E-state index in [0.29, 0.717) is 30.0 Å². The molecule has 3 aliphatic rings. The quantitative estimate of drug-likeness (QED) is 0.314. The molecule has 4 amide bonds. The van der Waals surface area contributed by atoms with Crippen LogP contribution in [0.25, 0.3) is 0 Å². The van der Waals surface area contributed by atoms with Crippen LogP contribution in [0.1, 0.15) is 78.2 Å². The summed E-state index contributed by atoms with van der Waals surface area (Å²) < 4.78 is 0. The van der Waals surface area contributed by atoms with E-state index >= 15 is 0 Å². The number of hydrogen-bond donors (Lipinski definition) is 3. The first-order valence-corrected chi connectivity index (χ1v) is 15.0. The number of carbonyl (C=O) groups excluding carboxylic acids is 5. The van der Waals surface area contributed by atoms with Crippen molar-refractivity contribution >= 4 is 46.7 Å². The number of benzene rings is 1. The van der Waals surface area contributed by atoms with Crippen LogP contribution in [0.5, 0.6) is 0 Å². The molecule has 3 N–H and O–H groups in total. The van der Waals surface area contributed by atoms with Gasteiger partial charge in [0.05, 0.1) is 18.3 Å². The molecule has 2 fully saturated rings. The third kappa shape index (κ3) is 7.67. The minimum absolute atomic E-state index is 0.00195. The van der Waals surface area contributed by atoms with Crippen LogP contribution in [0.3, 0.4) is 0 Å². The van der Waals surface area contributed by atoms with Crippen molar-refractivity contribution in [2.45, 2.75) is 102 Å². The summed E-state index contributed by atoms with van der Waals surface area (Å²) in [4.78, 5) is 72.6. The van der Waals surface area contributed by atoms with Crippen LogP contribution >= 0.6 is 11.6 Å². The van der Waals surface area contributed by atoms with Gasteiger partial charge in [-0.2, -0.15) is 0 Å². The number of amides is 4. The number of ketones is 1. The largest absolute Gasteiger partial charge is 0.387 e. The van der Waals surface area contributed by atoms with Crippen molar-refractivity contribution in [3.05, 3.63) is 34.9 Å².